The topological polar surface area (TPSA) is 114 Å². The molecule has 5 rings (SSSR count). The number of fused-ring (bicyclic) bond motifs is 1. The highest BCUT2D eigenvalue weighted by molar-refractivity contribution is 7.18. The predicted molar refractivity (Wildman–Crippen MR) is 164 cm³/mol. The summed E-state index contributed by atoms with van der Waals surface area (Å²) in [5.41, 5.74) is 2.99. The zero-order chi connectivity index (χ0) is 29.8. The standard InChI is InChI=1S/C33H27N3O5S/c1-3-27-17-29-31(39)35(20-25(16-30(37)38)22-12-14-26(41-2)15-13-22)33(40)36(32(29)42-27)19-21-8-10-23(11-9-21)28-7-5-4-6-24(28)18-34/h4-17H,3,19-20H2,1-2H3,(H,37,38)/b25-16-. The first-order chi connectivity index (χ1) is 20.3. The van der Waals surface area contributed by atoms with Gasteiger partial charge < -0.3 is 9.84 Å². The van der Waals surface area contributed by atoms with E-state index in [2.05, 4.69) is 6.07 Å². The van der Waals surface area contributed by atoms with E-state index in [0.29, 0.717) is 39.1 Å². The molecule has 0 spiro atoms. The number of benzene rings is 3. The molecule has 0 aliphatic carbocycles. The second kappa shape index (κ2) is 12.1. The summed E-state index contributed by atoms with van der Waals surface area (Å²) in [5, 5.41) is 19.5. The molecule has 0 amide bonds. The van der Waals surface area contributed by atoms with E-state index in [-0.39, 0.29) is 13.1 Å². The van der Waals surface area contributed by atoms with E-state index in [1.807, 2.05) is 55.5 Å². The van der Waals surface area contributed by atoms with Crippen LogP contribution < -0.4 is 16.0 Å². The number of methoxy groups -OCH3 is 1. The Morgan fingerprint density at radius 2 is 1.74 bits per heavy atom. The molecule has 210 valence electrons. The van der Waals surface area contributed by atoms with Gasteiger partial charge in [-0.05, 0) is 58.5 Å². The number of hydrogen-bond acceptors (Lipinski definition) is 6. The van der Waals surface area contributed by atoms with E-state index in [1.165, 1.54) is 18.4 Å². The molecule has 9 heteroatoms. The van der Waals surface area contributed by atoms with Crippen molar-refractivity contribution in [3.63, 3.8) is 0 Å². The summed E-state index contributed by atoms with van der Waals surface area (Å²) in [4.78, 5) is 40.8. The van der Waals surface area contributed by atoms with Gasteiger partial charge in [-0.25, -0.2) is 9.59 Å². The van der Waals surface area contributed by atoms with Crippen LogP contribution in [-0.4, -0.2) is 27.3 Å². The number of ether oxygens (including phenoxy) is 1. The number of carboxylic acids is 1. The highest BCUT2D eigenvalue weighted by Gasteiger charge is 2.19. The Balaban J connectivity index is 1.59. The second-order valence-electron chi connectivity index (χ2n) is 9.64. The molecule has 2 heterocycles. The smallest absolute Gasteiger partial charge is 0.332 e. The van der Waals surface area contributed by atoms with Crippen molar-refractivity contribution >= 4 is 33.1 Å². The number of nitriles is 1. The lowest BCUT2D eigenvalue weighted by molar-refractivity contribution is -0.131. The number of hydrogen-bond donors (Lipinski definition) is 1. The Bertz CT molecular complexity index is 1970. The number of allylic oxidation sites excluding steroid dienone is 1. The molecular weight excluding hydrogens is 550 g/mol. The van der Waals surface area contributed by atoms with Crippen molar-refractivity contribution in [1.82, 2.24) is 9.13 Å². The Morgan fingerprint density at radius 3 is 2.38 bits per heavy atom. The number of nitrogens with zero attached hydrogens (tertiary/aromatic N) is 3. The minimum Gasteiger partial charge on any atom is -0.497 e. The largest absolute Gasteiger partial charge is 0.497 e. The summed E-state index contributed by atoms with van der Waals surface area (Å²) >= 11 is 1.41. The first kappa shape index (κ1) is 28.3. The number of thiophene rings is 1. The maximum Gasteiger partial charge on any atom is 0.332 e. The van der Waals surface area contributed by atoms with Crippen molar-refractivity contribution in [3.05, 3.63) is 127 Å². The summed E-state index contributed by atoms with van der Waals surface area (Å²) in [5.74, 6) is -0.584. The van der Waals surface area contributed by atoms with Crippen LogP contribution in [0.25, 0.3) is 26.9 Å². The molecule has 0 atom stereocenters. The van der Waals surface area contributed by atoms with E-state index >= 15 is 0 Å². The summed E-state index contributed by atoms with van der Waals surface area (Å²) in [6.45, 7) is 1.98. The molecule has 0 saturated heterocycles. The maximum atomic E-state index is 13.9. The zero-order valence-electron chi connectivity index (χ0n) is 23.0. The molecule has 2 aromatic heterocycles. The molecule has 0 unspecified atom stereocenters. The van der Waals surface area contributed by atoms with Gasteiger partial charge in [0, 0.05) is 11.0 Å². The summed E-state index contributed by atoms with van der Waals surface area (Å²) in [6, 6.07) is 25.8. The fourth-order valence-corrected chi connectivity index (χ4v) is 5.93. The molecule has 1 N–H and O–H groups in total. The third-order valence-electron chi connectivity index (χ3n) is 7.03. The van der Waals surface area contributed by atoms with Gasteiger partial charge in [-0.15, -0.1) is 11.3 Å². The Hall–Kier alpha value is -5.20. The number of carboxylic acid groups (broad SMARTS) is 1. The predicted octanol–water partition coefficient (Wildman–Crippen LogP) is 5.55. The van der Waals surface area contributed by atoms with Crippen LogP contribution in [0.3, 0.4) is 0 Å². The van der Waals surface area contributed by atoms with Crippen LogP contribution in [0.15, 0.2) is 94.5 Å². The third kappa shape index (κ3) is 5.66. The minimum atomic E-state index is -1.18. The van der Waals surface area contributed by atoms with Crippen LogP contribution in [0, 0.1) is 11.3 Å². The minimum absolute atomic E-state index is 0.208. The second-order valence-corrected chi connectivity index (χ2v) is 10.8. The molecule has 0 fully saturated rings. The lowest BCUT2D eigenvalue weighted by Gasteiger charge is -2.14. The lowest BCUT2D eigenvalue weighted by Crippen LogP contribution is -2.40. The molecule has 0 aliphatic rings. The Kier molecular flexibility index (Phi) is 8.18. The van der Waals surface area contributed by atoms with Crippen LogP contribution in [0.4, 0.5) is 0 Å². The van der Waals surface area contributed by atoms with Crippen molar-refractivity contribution in [2.24, 2.45) is 0 Å². The third-order valence-corrected chi connectivity index (χ3v) is 8.34. The van der Waals surface area contributed by atoms with Crippen LogP contribution in [0.2, 0.25) is 0 Å². The monoisotopic (exact) mass is 577 g/mol. The Morgan fingerprint density at radius 1 is 1.02 bits per heavy atom. The lowest BCUT2D eigenvalue weighted by atomic mass is 9.99. The summed E-state index contributed by atoms with van der Waals surface area (Å²) in [7, 11) is 1.53. The number of aromatic nitrogens is 2. The van der Waals surface area contributed by atoms with E-state index in [4.69, 9.17) is 4.74 Å². The van der Waals surface area contributed by atoms with Gasteiger partial charge in [0.1, 0.15) is 10.6 Å². The van der Waals surface area contributed by atoms with Gasteiger partial charge in [-0.2, -0.15) is 5.26 Å². The number of rotatable bonds is 9. The molecule has 0 bridgehead atoms. The fourth-order valence-electron chi connectivity index (χ4n) is 4.85. The van der Waals surface area contributed by atoms with Crippen molar-refractivity contribution in [2.45, 2.75) is 26.4 Å². The van der Waals surface area contributed by atoms with Crippen LogP contribution in [0.5, 0.6) is 5.75 Å². The van der Waals surface area contributed by atoms with Gasteiger partial charge in [0.25, 0.3) is 5.56 Å². The van der Waals surface area contributed by atoms with Crippen LogP contribution in [-0.2, 0) is 24.3 Å². The molecule has 3 aromatic carbocycles. The fraction of sp³-hybridized carbons (Fsp3) is 0.152. The number of carbonyl (C=O) groups is 1. The van der Waals surface area contributed by atoms with Crippen molar-refractivity contribution in [1.29, 1.82) is 5.26 Å². The van der Waals surface area contributed by atoms with Crippen molar-refractivity contribution in [3.8, 4) is 22.9 Å². The van der Waals surface area contributed by atoms with E-state index in [1.54, 1.807) is 34.9 Å². The molecule has 0 radical (unpaired) electrons. The number of aryl methyl sites for hydroxylation is 1. The summed E-state index contributed by atoms with van der Waals surface area (Å²) in [6.07, 6.45) is 1.72. The highest BCUT2D eigenvalue weighted by Crippen LogP contribution is 2.26. The molecule has 42 heavy (non-hydrogen) atoms. The molecule has 0 saturated carbocycles. The first-order valence-corrected chi connectivity index (χ1v) is 14.1. The molecule has 5 aromatic rings. The van der Waals surface area contributed by atoms with Gasteiger partial charge in [0.2, 0.25) is 0 Å². The van der Waals surface area contributed by atoms with Gasteiger partial charge in [0.15, 0.2) is 0 Å². The summed E-state index contributed by atoms with van der Waals surface area (Å²) < 4.78 is 7.88. The molecule has 8 nitrogen and oxygen atoms in total. The van der Waals surface area contributed by atoms with Gasteiger partial charge in [-0.1, -0.05) is 61.5 Å². The quantitative estimate of drug-likeness (QED) is 0.230. The van der Waals surface area contributed by atoms with Crippen molar-refractivity contribution in [2.75, 3.05) is 7.11 Å². The average molecular weight is 578 g/mol. The van der Waals surface area contributed by atoms with E-state index in [9.17, 15) is 24.8 Å². The van der Waals surface area contributed by atoms with E-state index in [0.717, 1.165) is 32.2 Å². The SMILES string of the molecule is CCc1cc2c(=O)n(C/C(=C/C(=O)O)c3ccc(OC)cc3)c(=O)n(Cc3ccc(-c4ccccc4C#N)cc3)c2s1. The Labute approximate surface area is 245 Å². The average Bonchev–Trinajstić information content (AvgIpc) is 3.46. The first-order valence-electron chi connectivity index (χ1n) is 13.2. The van der Waals surface area contributed by atoms with Crippen LogP contribution in [0.1, 0.15) is 28.5 Å². The van der Waals surface area contributed by atoms with Crippen LogP contribution >= 0.6 is 11.3 Å². The normalized spacial score (nSPS) is 11.4. The zero-order valence-corrected chi connectivity index (χ0v) is 23.9. The van der Waals surface area contributed by atoms with E-state index < -0.39 is 17.2 Å². The van der Waals surface area contributed by atoms with Gasteiger partial charge >= 0.3 is 11.7 Å². The molecule has 0 aliphatic heterocycles. The van der Waals surface area contributed by atoms with Gasteiger partial charge in [-0.3, -0.25) is 13.9 Å². The molecular formula is C33H27N3O5S. The van der Waals surface area contributed by atoms with Gasteiger partial charge in [0.05, 0.1) is 37.2 Å². The highest BCUT2D eigenvalue weighted by atomic mass is 32.1. The van der Waals surface area contributed by atoms with Crippen molar-refractivity contribution < 1.29 is 14.6 Å². The maximum absolute atomic E-state index is 13.9. The number of aliphatic carboxylic acids is 1.